The van der Waals surface area contributed by atoms with Gasteiger partial charge in [-0.05, 0) is 38.3 Å². The van der Waals surface area contributed by atoms with Crippen LogP contribution in [0.2, 0.25) is 0 Å². The number of β-amino-alcohol motifs (C(OH)–C–C–N with tert-alkyl or cyclic N) is 1. The summed E-state index contributed by atoms with van der Waals surface area (Å²) in [4.78, 5) is 2.36. The molecule has 122 valence electrons. The fourth-order valence-electron chi connectivity index (χ4n) is 4.11. The van der Waals surface area contributed by atoms with Crippen LogP contribution in [0.5, 0.6) is 0 Å². The van der Waals surface area contributed by atoms with Crippen molar-refractivity contribution < 1.29 is 5.11 Å². The van der Waals surface area contributed by atoms with Crippen LogP contribution in [-0.4, -0.2) is 54.4 Å². The van der Waals surface area contributed by atoms with E-state index in [0.29, 0.717) is 12.0 Å². The van der Waals surface area contributed by atoms with Crippen molar-refractivity contribution in [2.75, 3.05) is 26.7 Å². The highest BCUT2D eigenvalue weighted by Gasteiger charge is 2.38. The van der Waals surface area contributed by atoms with Crippen LogP contribution in [0.25, 0.3) is 0 Å². The molecule has 4 nitrogen and oxygen atoms in total. The lowest BCUT2D eigenvalue weighted by Gasteiger charge is -2.38. The fraction of sp³-hybridized carbons (Fsp3) is 0.667. The largest absolute Gasteiger partial charge is 0.389 e. The van der Waals surface area contributed by atoms with Crippen molar-refractivity contribution in [2.45, 2.75) is 49.3 Å². The Balaban J connectivity index is 1.58. The molecule has 2 aliphatic rings. The van der Waals surface area contributed by atoms with E-state index in [4.69, 9.17) is 5.73 Å². The number of benzene rings is 1. The molecule has 3 rings (SSSR count). The maximum atomic E-state index is 10.9. The number of likely N-dealkylation sites (tertiary alicyclic amines) is 1. The first-order valence-corrected chi connectivity index (χ1v) is 8.52. The Morgan fingerprint density at radius 3 is 2.55 bits per heavy atom. The van der Waals surface area contributed by atoms with Crippen molar-refractivity contribution >= 4 is 0 Å². The van der Waals surface area contributed by atoms with E-state index >= 15 is 0 Å². The van der Waals surface area contributed by atoms with Crippen molar-refractivity contribution in [3.63, 3.8) is 0 Å². The zero-order chi connectivity index (χ0) is 15.6. The Morgan fingerprint density at radius 2 is 1.91 bits per heavy atom. The number of nitrogens with zero attached hydrogens (tertiary/aromatic N) is 1. The summed E-state index contributed by atoms with van der Waals surface area (Å²) >= 11 is 0. The second kappa shape index (κ2) is 6.67. The van der Waals surface area contributed by atoms with Gasteiger partial charge >= 0.3 is 0 Å². The van der Waals surface area contributed by atoms with Crippen LogP contribution in [0.1, 0.15) is 37.2 Å². The smallest absolute Gasteiger partial charge is 0.0775 e. The van der Waals surface area contributed by atoms with Gasteiger partial charge in [0.15, 0.2) is 0 Å². The third-order valence-corrected chi connectivity index (χ3v) is 5.51. The molecule has 2 atom stereocenters. The molecule has 0 amide bonds. The number of aliphatic hydroxyl groups is 1. The van der Waals surface area contributed by atoms with Crippen LogP contribution in [0.4, 0.5) is 0 Å². The Morgan fingerprint density at radius 1 is 1.23 bits per heavy atom. The normalized spacial score (nSPS) is 36.6. The van der Waals surface area contributed by atoms with Gasteiger partial charge in [-0.2, -0.15) is 0 Å². The minimum atomic E-state index is -0.529. The lowest BCUT2D eigenvalue weighted by Crippen LogP contribution is -2.47. The predicted molar refractivity (Wildman–Crippen MR) is 89.9 cm³/mol. The van der Waals surface area contributed by atoms with Crippen LogP contribution in [0.15, 0.2) is 30.3 Å². The van der Waals surface area contributed by atoms with E-state index in [9.17, 15) is 5.11 Å². The first kappa shape index (κ1) is 15.9. The number of nitrogens with two attached hydrogens (primary N) is 1. The molecule has 0 aromatic heterocycles. The Kier molecular flexibility index (Phi) is 4.83. The van der Waals surface area contributed by atoms with E-state index in [-0.39, 0.29) is 6.04 Å². The van der Waals surface area contributed by atoms with Gasteiger partial charge < -0.3 is 16.2 Å². The first-order chi connectivity index (χ1) is 10.6. The van der Waals surface area contributed by atoms with Gasteiger partial charge in [0.25, 0.3) is 0 Å². The topological polar surface area (TPSA) is 61.5 Å². The lowest BCUT2D eigenvalue weighted by atomic mass is 9.82. The Labute approximate surface area is 133 Å². The molecule has 1 saturated carbocycles. The van der Waals surface area contributed by atoms with Crippen molar-refractivity contribution in [1.82, 2.24) is 10.2 Å². The van der Waals surface area contributed by atoms with Crippen molar-refractivity contribution in [3.05, 3.63) is 35.9 Å². The van der Waals surface area contributed by atoms with Crippen molar-refractivity contribution in [1.29, 1.82) is 0 Å². The lowest BCUT2D eigenvalue weighted by molar-refractivity contribution is -0.0273. The van der Waals surface area contributed by atoms with Crippen LogP contribution >= 0.6 is 0 Å². The van der Waals surface area contributed by atoms with E-state index in [2.05, 4.69) is 34.5 Å². The zero-order valence-electron chi connectivity index (χ0n) is 13.5. The molecule has 0 radical (unpaired) electrons. The maximum Gasteiger partial charge on any atom is 0.0775 e. The van der Waals surface area contributed by atoms with E-state index < -0.39 is 5.60 Å². The van der Waals surface area contributed by atoms with Crippen LogP contribution in [0.3, 0.4) is 0 Å². The summed E-state index contributed by atoms with van der Waals surface area (Å²) in [6.07, 6.45) is 3.91. The highest BCUT2D eigenvalue weighted by molar-refractivity contribution is 5.23. The molecule has 1 aromatic carbocycles. The summed E-state index contributed by atoms with van der Waals surface area (Å²) in [5, 5.41) is 14.2. The van der Waals surface area contributed by atoms with Gasteiger partial charge in [0.2, 0.25) is 0 Å². The van der Waals surface area contributed by atoms with Gasteiger partial charge in [-0.3, -0.25) is 4.90 Å². The van der Waals surface area contributed by atoms with Gasteiger partial charge in [0.1, 0.15) is 0 Å². The monoisotopic (exact) mass is 303 g/mol. The first-order valence-electron chi connectivity index (χ1n) is 8.52. The van der Waals surface area contributed by atoms with E-state index in [1.165, 1.54) is 5.56 Å². The SMILES string of the molecule is CNC1CCC(O)(CN2C[C@@H](N)[C@H](c3ccccc3)C2)CC1. The van der Waals surface area contributed by atoms with E-state index in [0.717, 1.165) is 45.3 Å². The number of rotatable bonds is 4. The zero-order valence-corrected chi connectivity index (χ0v) is 13.5. The molecule has 22 heavy (non-hydrogen) atoms. The van der Waals surface area contributed by atoms with Crippen LogP contribution in [0, 0.1) is 0 Å². The molecule has 1 aliphatic carbocycles. The predicted octanol–water partition coefficient (Wildman–Crippen LogP) is 1.31. The fourth-order valence-corrected chi connectivity index (χ4v) is 4.11. The molecular formula is C18H29N3O. The Bertz CT molecular complexity index is 470. The average Bonchev–Trinajstić information content (AvgIpc) is 2.89. The van der Waals surface area contributed by atoms with Gasteiger partial charge in [0.05, 0.1) is 5.60 Å². The van der Waals surface area contributed by atoms with Crippen LogP contribution < -0.4 is 11.1 Å². The van der Waals surface area contributed by atoms with E-state index in [1.807, 2.05) is 13.1 Å². The Hall–Kier alpha value is -0.940. The van der Waals surface area contributed by atoms with Crippen LogP contribution in [-0.2, 0) is 0 Å². The third-order valence-electron chi connectivity index (χ3n) is 5.51. The standard InChI is InChI=1S/C18H29N3O/c1-20-15-7-9-18(22,10-8-15)13-21-11-16(17(19)12-21)14-5-3-2-4-6-14/h2-6,15-17,20,22H,7-13,19H2,1H3/t15?,16-,17+,18?/m0/s1. The average molecular weight is 303 g/mol. The highest BCUT2D eigenvalue weighted by Crippen LogP contribution is 2.32. The molecule has 1 aromatic rings. The second-order valence-electron chi connectivity index (χ2n) is 7.16. The quantitative estimate of drug-likeness (QED) is 0.785. The minimum Gasteiger partial charge on any atom is -0.389 e. The van der Waals surface area contributed by atoms with Gasteiger partial charge in [0, 0.05) is 37.6 Å². The number of hydrogen-bond donors (Lipinski definition) is 3. The van der Waals surface area contributed by atoms with E-state index in [1.54, 1.807) is 0 Å². The van der Waals surface area contributed by atoms with Gasteiger partial charge in [-0.1, -0.05) is 30.3 Å². The molecule has 4 N–H and O–H groups in total. The molecule has 0 bridgehead atoms. The number of hydrogen-bond acceptors (Lipinski definition) is 4. The molecule has 1 saturated heterocycles. The molecular weight excluding hydrogens is 274 g/mol. The third kappa shape index (κ3) is 3.51. The molecule has 4 heteroatoms. The van der Waals surface area contributed by atoms with Gasteiger partial charge in [-0.15, -0.1) is 0 Å². The highest BCUT2D eigenvalue weighted by atomic mass is 16.3. The summed E-state index contributed by atoms with van der Waals surface area (Å²) < 4.78 is 0. The summed E-state index contributed by atoms with van der Waals surface area (Å²) in [5.41, 5.74) is 7.15. The van der Waals surface area contributed by atoms with Gasteiger partial charge in [-0.25, -0.2) is 0 Å². The molecule has 0 spiro atoms. The summed E-state index contributed by atoms with van der Waals surface area (Å²) in [5.74, 6) is 0.387. The molecule has 2 fully saturated rings. The summed E-state index contributed by atoms with van der Waals surface area (Å²) in [6.45, 7) is 2.61. The molecule has 1 heterocycles. The number of nitrogens with one attached hydrogen (secondary N) is 1. The summed E-state index contributed by atoms with van der Waals surface area (Å²) in [7, 11) is 2.01. The van der Waals surface area contributed by atoms with Crippen molar-refractivity contribution in [3.8, 4) is 0 Å². The van der Waals surface area contributed by atoms with Crippen molar-refractivity contribution in [2.24, 2.45) is 5.73 Å². The molecule has 1 aliphatic heterocycles. The minimum absolute atomic E-state index is 0.166. The maximum absolute atomic E-state index is 10.9. The summed E-state index contributed by atoms with van der Waals surface area (Å²) in [6, 6.07) is 11.3. The molecule has 0 unspecified atom stereocenters. The second-order valence-corrected chi connectivity index (χ2v) is 7.16.